The lowest BCUT2D eigenvalue weighted by Gasteiger charge is -2.49. The van der Waals surface area contributed by atoms with Crippen molar-refractivity contribution in [3.8, 4) is 0 Å². The summed E-state index contributed by atoms with van der Waals surface area (Å²) in [5.41, 5.74) is 7.76. The van der Waals surface area contributed by atoms with Crippen molar-refractivity contribution in [1.82, 2.24) is 9.88 Å². The van der Waals surface area contributed by atoms with Gasteiger partial charge in [-0.1, -0.05) is 11.6 Å². The normalized spacial score (nSPS) is 17.6. The molecule has 0 unspecified atom stereocenters. The number of hydrogen-bond acceptors (Lipinski definition) is 4. The van der Waals surface area contributed by atoms with Crippen LogP contribution in [0.25, 0.3) is 0 Å². The van der Waals surface area contributed by atoms with Gasteiger partial charge in [-0.2, -0.15) is 0 Å². The molecule has 1 fully saturated rings. The summed E-state index contributed by atoms with van der Waals surface area (Å²) in [7, 11) is 6.33. The molecular weight excluding hydrogens is 248 g/mol. The van der Waals surface area contributed by atoms with Gasteiger partial charge >= 0.3 is 0 Å². The topological polar surface area (TPSA) is 45.4 Å². The van der Waals surface area contributed by atoms with Crippen LogP contribution in [0, 0.1) is 0 Å². The van der Waals surface area contributed by atoms with Crippen LogP contribution in [0.5, 0.6) is 0 Å². The summed E-state index contributed by atoms with van der Waals surface area (Å²) < 4.78 is 0. The van der Waals surface area contributed by atoms with Crippen molar-refractivity contribution in [3.05, 3.63) is 17.4 Å². The Morgan fingerprint density at radius 2 is 2.00 bits per heavy atom. The standard InChI is InChI=1S/C13H21ClN4/c1-17(2)13(5-4-6-13)9-18(3)12-10(14)7-16-8-11(12)15/h7-8H,4-6,9,15H2,1-3H3. The van der Waals surface area contributed by atoms with Gasteiger partial charge in [0.25, 0.3) is 0 Å². The third kappa shape index (κ3) is 2.27. The van der Waals surface area contributed by atoms with Crippen LogP contribution in [-0.2, 0) is 0 Å². The molecule has 0 atom stereocenters. The van der Waals surface area contributed by atoms with Gasteiger partial charge in [-0.25, -0.2) is 0 Å². The highest BCUT2D eigenvalue weighted by Crippen LogP contribution is 2.39. The maximum absolute atomic E-state index is 6.20. The minimum absolute atomic E-state index is 0.258. The number of rotatable bonds is 4. The first-order valence-corrected chi connectivity index (χ1v) is 6.62. The van der Waals surface area contributed by atoms with Crippen molar-refractivity contribution in [1.29, 1.82) is 0 Å². The first-order chi connectivity index (χ1) is 8.46. The molecule has 0 bridgehead atoms. The predicted molar refractivity (Wildman–Crippen MR) is 77.2 cm³/mol. The molecule has 0 amide bonds. The maximum atomic E-state index is 6.20. The van der Waals surface area contributed by atoms with Crippen molar-refractivity contribution in [3.63, 3.8) is 0 Å². The summed E-state index contributed by atoms with van der Waals surface area (Å²) in [5.74, 6) is 0. The molecule has 100 valence electrons. The third-order valence-electron chi connectivity index (χ3n) is 4.05. The van der Waals surface area contributed by atoms with Crippen LogP contribution < -0.4 is 10.6 Å². The summed E-state index contributed by atoms with van der Waals surface area (Å²) >= 11 is 6.20. The van der Waals surface area contributed by atoms with Crippen LogP contribution >= 0.6 is 11.6 Å². The zero-order valence-electron chi connectivity index (χ0n) is 11.3. The number of aromatic nitrogens is 1. The van der Waals surface area contributed by atoms with Gasteiger partial charge < -0.3 is 15.5 Å². The van der Waals surface area contributed by atoms with Gasteiger partial charge in [0.2, 0.25) is 0 Å². The lowest BCUT2D eigenvalue weighted by Crippen LogP contribution is -2.56. The van der Waals surface area contributed by atoms with Crippen molar-refractivity contribution < 1.29 is 0 Å². The number of nitrogen functional groups attached to an aromatic ring is 1. The van der Waals surface area contributed by atoms with Gasteiger partial charge in [0.05, 0.1) is 22.6 Å². The molecule has 0 aliphatic heterocycles. The van der Waals surface area contributed by atoms with E-state index in [1.165, 1.54) is 19.3 Å². The number of anilines is 2. The largest absolute Gasteiger partial charge is 0.396 e. The summed E-state index contributed by atoms with van der Waals surface area (Å²) in [6.45, 7) is 0.938. The molecule has 1 aromatic heterocycles. The Labute approximate surface area is 114 Å². The fraction of sp³-hybridized carbons (Fsp3) is 0.615. The van der Waals surface area contributed by atoms with Gasteiger partial charge in [-0.3, -0.25) is 4.98 Å². The highest BCUT2D eigenvalue weighted by Gasteiger charge is 2.40. The Kier molecular flexibility index (Phi) is 3.69. The van der Waals surface area contributed by atoms with Crippen LogP contribution in [0.2, 0.25) is 5.02 Å². The Morgan fingerprint density at radius 3 is 2.44 bits per heavy atom. The maximum Gasteiger partial charge on any atom is 0.0843 e. The summed E-state index contributed by atoms with van der Waals surface area (Å²) in [6.07, 6.45) is 7.05. The quantitative estimate of drug-likeness (QED) is 0.910. The summed E-state index contributed by atoms with van der Waals surface area (Å²) in [5, 5.41) is 0.616. The Hall–Kier alpha value is -1.00. The molecule has 1 aliphatic rings. The number of pyridine rings is 1. The third-order valence-corrected chi connectivity index (χ3v) is 4.32. The molecule has 2 rings (SSSR count). The van der Waals surface area contributed by atoms with E-state index in [0.717, 1.165) is 12.2 Å². The molecule has 1 heterocycles. The second kappa shape index (κ2) is 4.94. The number of hydrogen-bond donors (Lipinski definition) is 1. The molecule has 5 heteroatoms. The highest BCUT2D eigenvalue weighted by atomic mass is 35.5. The minimum atomic E-state index is 0.258. The predicted octanol–water partition coefficient (Wildman–Crippen LogP) is 2.24. The molecule has 0 spiro atoms. The smallest absolute Gasteiger partial charge is 0.0843 e. The second-order valence-electron chi connectivity index (χ2n) is 5.39. The van der Waals surface area contributed by atoms with E-state index in [1.807, 2.05) is 7.05 Å². The SMILES string of the molecule is CN(CC1(N(C)C)CCC1)c1c(N)cncc1Cl. The molecule has 2 N–H and O–H groups in total. The van der Waals surface area contributed by atoms with E-state index in [9.17, 15) is 0 Å². The van der Waals surface area contributed by atoms with Crippen molar-refractivity contribution in [2.45, 2.75) is 24.8 Å². The zero-order valence-corrected chi connectivity index (χ0v) is 12.0. The fourth-order valence-electron chi connectivity index (χ4n) is 2.70. The lowest BCUT2D eigenvalue weighted by atomic mass is 9.75. The van der Waals surface area contributed by atoms with Gasteiger partial charge in [0, 0.05) is 25.3 Å². The molecule has 0 aromatic carbocycles. The molecule has 0 radical (unpaired) electrons. The van der Waals surface area contributed by atoms with Crippen LogP contribution in [0.15, 0.2) is 12.4 Å². The van der Waals surface area contributed by atoms with Crippen LogP contribution in [0.3, 0.4) is 0 Å². The molecule has 1 aliphatic carbocycles. The minimum Gasteiger partial charge on any atom is -0.396 e. The highest BCUT2D eigenvalue weighted by molar-refractivity contribution is 6.33. The number of nitrogens with two attached hydrogens (primary N) is 1. The van der Waals surface area contributed by atoms with E-state index < -0.39 is 0 Å². The number of nitrogens with zero attached hydrogens (tertiary/aromatic N) is 3. The monoisotopic (exact) mass is 268 g/mol. The molecule has 4 nitrogen and oxygen atoms in total. The van der Waals surface area contributed by atoms with Crippen LogP contribution in [-0.4, -0.2) is 43.1 Å². The molecule has 1 aromatic rings. The Bertz CT molecular complexity index is 409. The van der Waals surface area contributed by atoms with E-state index in [2.05, 4.69) is 28.9 Å². The van der Waals surface area contributed by atoms with E-state index in [0.29, 0.717) is 10.7 Å². The van der Waals surface area contributed by atoms with Gasteiger partial charge in [-0.05, 0) is 33.4 Å². The van der Waals surface area contributed by atoms with Crippen LogP contribution in [0.1, 0.15) is 19.3 Å². The zero-order chi connectivity index (χ0) is 13.3. The average Bonchev–Trinajstić information content (AvgIpc) is 2.22. The van der Waals surface area contributed by atoms with E-state index in [1.54, 1.807) is 12.4 Å². The van der Waals surface area contributed by atoms with Crippen LogP contribution in [0.4, 0.5) is 11.4 Å². The molecule has 0 saturated heterocycles. The van der Waals surface area contributed by atoms with E-state index in [-0.39, 0.29) is 5.54 Å². The van der Waals surface area contributed by atoms with E-state index >= 15 is 0 Å². The number of likely N-dealkylation sites (N-methyl/N-ethyl adjacent to an activating group) is 2. The van der Waals surface area contributed by atoms with Gasteiger partial charge in [-0.15, -0.1) is 0 Å². The Balaban J connectivity index is 2.19. The summed E-state index contributed by atoms with van der Waals surface area (Å²) in [4.78, 5) is 8.47. The average molecular weight is 269 g/mol. The first kappa shape index (κ1) is 13.4. The first-order valence-electron chi connectivity index (χ1n) is 6.24. The van der Waals surface area contributed by atoms with Crippen molar-refractivity contribution >= 4 is 23.0 Å². The second-order valence-corrected chi connectivity index (χ2v) is 5.79. The van der Waals surface area contributed by atoms with Gasteiger partial charge in [0.15, 0.2) is 0 Å². The lowest BCUT2D eigenvalue weighted by molar-refractivity contribution is 0.0683. The Morgan fingerprint density at radius 1 is 1.33 bits per heavy atom. The van der Waals surface area contributed by atoms with Crippen molar-refractivity contribution in [2.24, 2.45) is 0 Å². The molecule has 1 saturated carbocycles. The van der Waals surface area contributed by atoms with E-state index in [4.69, 9.17) is 17.3 Å². The number of halogens is 1. The summed E-state index contributed by atoms with van der Waals surface area (Å²) in [6, 6.07) is 0. The fourth-order valence-corrected chi connectivity index (χ4v) is 3.01. The van der Waals surface area contributed by atoms with Gasteiger partial charge in [0.1, 0.15) is 0 Å². The molecular formula is C13H21ClN4. The molecule has 18 heavy (non-hydrogen) atoms. The van der Waals surface area contributed by atoms with Crippen molar-refractivity contribution in [2.75, 3.05) is 38.3 Å².